The number of hydrogen-bond acceptors (Lipinski definition) is 9. The molecule has 1 aromatic heterocycles. The van der Waals surface area contributed by atoms with Crippen molar-refractivity contribution >= 4 is 11.6 Å². The number of carbonyl (C=O) groups excluding carboxylic acids is 1. The maximum absolute atomic E-state index is 13.6. The Morgan fingerprint density at radius 2 is 1.71 bits per heavy atom. The van der Waals surface area contributed by atoms with Gasteiger partial charge in [-0.3, -0.25) is 4.79 Å². The highest BCUT2D eigenvalue weighted by Crippen LogP contribution is 2.39. The van der Waals surface area contributed by atoms with E-state index in [0.717, 1.165) is 36.8 Å². The van der Waals surface area contributed by atoms with E-state index in [1.54, 1.807) is 42.6 Å². The molecule has 9 nitrogen and oxygen atoms in total. The number of aromatic nitrogens is 1. The van der Waals surface area contributed by atoms with Gasteiger partial charge in [0.1, 0.15) is 11.6 Å². The number of nitrogens with zero attached hydrogens (tertiary/aromatic N) is 1. The van der Waals surface area contributed by atoms with Crippen molar-refractivity contribution in [3.8, 4) is 28.7 Å². The van der Waals surface area contributed by atoms with E-state index in [0.29, 0.717) is 42.8 Å². The highest BCUT2D eigenvalue weighted by molar-refractivity contribution is 5.82. The minimum Gasteiger partial charge on any atom is -0.504 e. The van der Waals surface area contributed by atoms with Crippen LogP contribution in [0.2, 0.25) is 0 Å². The predicted octanol–water partition coefficient (Wildman–Crippen LogP) is 4.86. The Balaban J connectivity index is 1.46. The van der Waals surface area contributed by atoms with Gasteiger partial charge >= 0.3 is 0 Å². The molecule has 1 saturated carbocycles. The zero-order chi connectivity index (χ0) is 29.4. The number of benzene rings is 2. The maximum Gasteiger partial charge on any atom is 0.200 e. The third-order valence-corrected chi connectivity index (χ3v) is 7.77. The van der Waals surface area contributed by atoms with Gasteiger partial charge in [-0.25, -0.2) is 4.98 Å². The monoisotopic (exact) mass is 564 g/mol. The van der Waals surface area contributed by atoms with Crippen molar-refractivity contribution in [3.05, 3.63) is 65.4 Å². The molecule has 0 aliphatic heterocycles. The number of ether oxygens (including phenoxy) is 2. The first kappa shape index (κ1) is 30.0. The van der Waals surface area contributed by atoms with Crippen LogP contribution in [0.4, 0.5) is 5.82 Å². The number of Topliss-reactive ketones (excluding diaryl/α,β-unsaturated/α-hetero) is 1. The summed E-state index contributed by atoms with van der Waals surface area (Å²) in [4.78, 5) is 17.6. The number of rotatable bonds is 13. The SMILES string of the molecule is COc1cc(CC[C@@H](O)[C@@H](Cc2ccnc(N)c2)C(=O)CCc2cc(O)c(O)c(OC3CCCCC3)c2)ccc1O. The predicted molar refractivity (Wildman–Crippen MR) is 155 cm³/mol. The minimum atomic E-state index is -0.935. The summed E-state index contributed by atoms with van der Waals surface area (Å²) in [6, 6.07) is 11.6. The molecular formula is C32H40N2O7. The molecule has 1 aliphatic carbocycles. The molecule has 1 fully saturated rings. The Bertz CT molecular complexity index is 1320. The van der Waals surface area contributed by atoms with Gasteiger partial charge < -0.3 is 35.6 Å². The molecule has 0 spiro atoms. The molecule has 41 heavy (non-hydrogen) atoms. The highest BCUT2D eigenvalue weighted by Gasteiger charge is 2.27. The highest BCUT2D eigenvalue weighted by atomic mass is 16.5. The molecular weight excluding hydrogens is 524 g/mol. The molecule has 1 heterocycles. The third-order valence-electron chi connectivity index (χ3n) is 7.77. The number of phenolic OH excluding ortho intramolecular Hbond substituents is 3. The molecule has 2 atom stereocenters. The summed E-state index contributed by atoms with van der Waals surface area (Å²) in [6.07, 6.45) is 7.28. The van der Waals surface area contributed by atoms with Gasteiger partial charge in [0.05, 0.1) is 19.3 Å². The van der Waals surface area contributed by atoms with Crippen LogP contribution in [0, 0.1) is 5.92 Å². The van der Waals surface area contributed by atoms with Crippen molar-refractivity contribution in [3.63, 3.8) is 0 Å². The van der Waals surface area contributed by atoms with Crippen LogP contribution >= 0.6 is 0 Å². The molecule has 0 saturated heterocycles. The molecule has 6 N–H and O–H groups in total. The van der Waals surface area contributed by atoms with E-state index in [2.05, 4.69) is 4.98 Å². The molecule has 4 rings (SSSR count). The fourth-order valence-corrected chi connectivity index (χ4v) is 5.43. The number of aryl methyl sites for hydroxylation is 2. The molecule has 0 amide bonds. The molecule has 0 radical (unpaired) electrons. The smallest absolute Gasteiger partial charge is 0.200 e. The van der Waals surface area contributed by atoms with E-state index in [1.807, 2.05) is 0 Å². The van der Waals surface area contributed by atoms with Gasteiger partial charge in [-0.05, 0) is 104 Å². The van der Waals surface area contributed by atoms with Crippen LogP contribution in [0.1, 0.15) is 61.6 Å². The summed E-state index contributed by atoms with van der Waals surface area (Å²) in [5, 5.41) is 41.8. The minimum absolute atomic E-state index is 0.00759. The van der Waals surface area contributed by atoms with Gasteiger partial charge in [-0.2, -0.15) is 0 Å². The molecule has 2 aromatic carbocycles. The van der Waals surface area contributed by atoms with E-state index >= 15 is 0 Å². The molecule has 9 heteroatoms. The van der Waals surface area contributed by atoms with Crippen molar-refractivity contribution in [2.75, 3.05) is 12.8 Å². The summed E-state index contributed by atoms with van der Waals surface area (Å²) in [6.45, 7) is 0. The summed E-state index contributed by atoms with van der Waals surface area (Å²) in [7, 11) is 1.47. The first-order valence-electron chi connectivity index (χ1n) is 14.2. The maximum atomic E-state index is 13.6. The average molecular weight is 565 g/mol. The van der Waals surface area contributed by atoms with E-state index in [4.69, 9.17) is 15.2 Å². The van der Waals surface area contributed by atoms with Crippen LogP contribution in [0.15, 0.2) is 48.7 Å². The largest absolute Gasteiger partial charge is 0.504 e. The van der Waals surface area contributed by atoms with Gasteiger partial charge in [0.15, 0.2) is 23.0 Å². The fraction of sp³-hybridized carbons (Fsp3) is 0.438. The van der Waals surface area contributed by atoms with Crippen LogP contribution in [0.3, 0.4) is 0 Å². The number of aromatic hydroxyl groups is 3. The Labute approximate surface area is 240 Å². The molecule has 0 bridgehead atoms. The summed E-state index contributed by atoms with van der Waals surface area (Å²) in [5.74, 6) is -0.447. The number of nitrogens with two attached hydrogens (primary N) is 1. The molecule has 1 aliphatic rings. The zero-order valence-electron chi connectivity index (χ0n) is 23.5. The lowest BCUT2D eigenvalue weighted by Gasteiger charge is -2.24. The number of ketones is 1. The number of nitrogen functional groups attached to an aromatic ring is 1. The van der Waals surface area contributed by atoms with E-state index < -0.39 is 12.0 Å². The number of hydrogen-bond donors (Lipinski definition) is 5. The number of aliphatic hydroxyl groups is 1. The summed E-state index contributed by atoms with van der Waals surface area (Å²) >= 11 is 0. The van der Waals surface area contributed by atoms with Crippen molar-refractivity contribution in [1.82, 2.24) is 4.98 Å². The number of pyridine rings is 1. The first-order chi connectivity index (χ1) is 19.7. The van der Waals surface area contributed by atoms with Crippen molar-refractivity contribution in [2.24, 2.45) is 5.92 Å². The van der Waals surface area contributed by atoms with Crippen molar-refractivity contribution in [2.45, 2.75) is 76.4 Å². The second kappa shape index (κ2) is 14.1. The zero-order valence-corrected chi connectivity index (χ0v) is 23.5. The van der Waals surface area contributed by atoms with Gasteiger partial charge in [-0.15, -0.1) is 0 Å². The van der Waals surface area contributed by atoms with Gasteiger partial charge in [0, 0.05) is 18.5 Å². The van der Waals surface area contributed by atoms with Crippen LogP contribution in [0.25, 0.3) is 0 Å². The topological polar surface area (TPSA) is 155 Å². The van der Waals surface area contributed by atoms with Gasteiger partial charge in [0.25, 0.3) is 0 Å². The standard InChI is InChI=1S/C32H40N2O7/c1-40-29-17-20(8-12-27(29)37)7-10-25(35)24(15-22-13-14-34-31(33)19-22)26(36)11-9-21-16-28(38)32(39)30(18-21)41-23-5-3-2-4-6-23/h8,12-14,16-19,23-25,35,37-39H,2-7,9-11,15H2,1H3,(H2,33,34)/t24-,25-/m1/s1. The number of carbonyl (C=O) groups is 1. The van der Waals surface area contributed by atoms with Crippen LogP contribution in [0.5, 0.6) is 28.7 Å². The summed E-state index contributed by atoms with van der Waals surface area (Å²) < 4.78 is 11.2. The lowest BCUT2D eigenvalue weighted by atomic mass is 9.85. The number of methoxy groups -OCH3 is 1. The van der Waals surface area contributed by atoms with Crippen LogP contribution < -0.4 is 15.2 Å². The molecule has 220 valence electrons. The van der Waals surface area contributed by atoms with E-state index in [1.165, 1.54) is 19.6 Å². The molecule has 3 aromatic rings. The number of phenols is 3. The lowest BCUT2D eigenvalue weighted by molar-refractivity contribution is -0.126. The van der Waals surface area contributed by atoms with Crippen LogP contribution in [-0.4, -0.2) is 50.5 Å². The Morgan fingerprint density at radius 1 is 0.951 bits per heavy atom. The Kier molecular flexibility index (Phi) is 10.3. The van der Waals surface area contributed by atoms with Crippen molar-refractivity contribution in [1.29, 1.82) is 0 Å². The van der Waals surface area contributed by atoms with Gasteiger partial charge in [0.2, 0.25) is 5.75 Å². The van der Waals surface area contributed by atoms with Gasteiger partial charge in [-0.1, -0.05) is 12.5 Å². The van der Waals surface area contributed by atoms with E-state index in [9.17, 15) is 25.2 Å². The second-order valence-corrected chi connectivity index (χ2v) is 10.8. The Morgan fingerprint density at radius 3 is 2.44 bits per heavy atom. The summed E-state index contributed by atoms with van der Waals surface area (Å²) in [5.41, 5.74) is 8.18. The number of anilines is 1. The third kappa shape index (κ3) is 8.27. The Hall–Kier alpha value is -3.98. The molecule has 0 unspecified atom stereocenters. The average Bonchev–Trinajstić information content (AvgIpc) is 2.97. The lowest BCUT2D eigenvalue weighted by Crippen LogP contribution is -2.31. The first-order valence-corrected chi connectivity index (χ1v) is 14.2. The normalized spacial score (nSPS) is 15.3. The quantitative estimate of drug-likeness (QED) is 0.183. The number of aliphatic hydroxyl groups excluding tert-OH is 1. The van der Waals surface area contributed by atoms with E-state index in [-0.39, 0.29) is 41.3 Å². The van der Waals surface area contributed by atoms with Crippen LogP contribution in [-0.2, 0) is 24.1 Å². The fourth-order valence-electron chi connectivity index (χ4n) is 5.43. The second-order valence-electron chi connectivity index (χ2n) is 10.8. The van der Waals surface area contributed by atoms with Crippen molar-refractivity contribution < 1.29 is 34.7 Å².